The first-order valence-electron chi connectivity index (χ1n) is 9.13. The van der Waals surface area contributed by atoms with Gasteiger partial charge in [0, 0.05) is 17.9 Å². The highest BCUT2D eigenvalue weighted by Gasteiger charge is 2.51. The largest absolute Gasteiger partial charge is 0.497 e. The molecule has 0 radical (unpaired) electrons. The van der Waals surface area contributed by atoms with Gasteiger partial charge in [-0.1, -0.05) is 24.3 Å². The molecule has 2 aliphatic heterocycles. The zero-order valence-corrected chi connectivity index (χ0v) is 16.9. The van der Waals surface area contributed by atoms with Crippen LogP contribution in [0.25, 0.3) is 0 Å². The van der Waals surface area contributed by atoms with E-state index in [4.69, 9.17) is 9.47 Å². The summed E-state index contributed by atoms with van der Waals surface area (Å²) in [5.41, 5.74) is 0.484. The number of benzene rings is 2. The topological polar surface area (TPSA) is 82.8 Å². The number of methoxy groups -OCH3 is 2. The molecule has 0 aromatic heterocycles. The SMILES string of the molecule is COc1ccc([C@H]2CC(=O)N3C(=C2C#N)SC[C@]3(O)c2ccc(OC)cc2)cc1. The van der Waals surface area contributed by atoms with Crippen LogP contribution in [0.1, 0.15) is 23.5 Å². The van der Waals surface area contributed by atoms with E-state index in [9.17, 15) is 15.2 Å². The van der Waals surface area contributed by atoms with Gasteiger partial charge in [0.2, 0.25) is 5.91 Å². The number of thioether (sulfide) groups is 1. The van der Waals surface area contributed by atoms with Crippen LogP contribution in [0.4, 0.5) is 0 Å². The van der Waals surface area contributed by atoms with Gasteiger partial charge in [-0.05, 0) is 29.8 Å². The van der Waals surface area contributed by atoms with Gasteiger partial charge in [0.15, 0.2) is 5.72 Å². The molecule has 0 saturated carbocycles. The predicted octanol–water partition coefficient (Wildman–Crippen LogP) is 3.35. The lowest BCUT2D eigenvalue weighted by atomic mass is 9.85. The van der Waals surface area contributed by atoms with E-state index in [1.54, 1.807) is 38.5 Å². The summed E-state index contributed by atoms with van der Waals surface area (Å²) in [4.78, 5) is 14.5. The van der Waals surface area contributed by atoms with E-state index in [2.05, 4.69) is 6.07 Å². The third-order valence-electron chi connectivity index (χ3n) is 5.38. The first kappa shape index (κ1) is 19.4. The Morgan fingerprint density at radius 1 is 1.10 bits per heavy atom. The normalized spacial score (nSPS) is 23.6. The molecule has 2 heterocycles. The van der Waals surface area contributed by atoms with E-state index in [1.165, 1.54) is 16.7 Å². The number of rotatable bonds is 4. The van der Waals surface area contributed by atoms with Gasteiger partial charge in [-0.3, -0.25) is 9.69 Å². The molecule has 0 bridgehead atoms. The van der Waals surface area contributed by atoms with Crippen LogP contribution in [0.15, 0.2) is 59.1 Å². The summed E-state index contributed by atoms with van der Waals surface area (Å²) < 4.78 is 10.4. The van der Waals surface area contributed by atoms with Gasteiger partial charge in [-0.25, -0.2) is 0 Å². The molecular weight excluding hydrogens is 388 g/mol. The quantitative estimate of drug-likeness (QED) is 0.835. The van der Waals surface area contributed by atoms with Crippen LogP contribution in [0.2, 0.25) is 0 Å². The lowest BCUT2D eigenvalue weighted by molar-refractivity contribution is -0.149. The van der Waals surface area contributed by atoms with Crippen molar-refractivity contribution in [2.24, 2.45) is 0 Å². The number of hydrogen-bond acceptors (Lipinski definition) is 6. The van der Waals surface area contributed by atoms with Crippen molar-refractivity contribution in [3.05, 3.63) is 70.3 Å². The minimum absolute atomic E-state index is 0.123. The Bertz CT molecular complexity index is 1010. The number of carbonyl (C=O) groups excluding carboxylic acids is 1. The van der Waals surface area contributed by atoms with Crippen molar-refractivity contribution in [1.82, 2.24) is 4.90 Å². The maximum Gasteiger partial charge on any atom is 0.231 e. The number of ether oxygens (including phenoxy) is 2. The Kier molecular flexibility index (Phi) is 4.99. The number of nitrogens with zero attached hydrogens (tertiary/aromatic N) is 2. The van der Waals surface area contributed by atoms with Crippen molar-refractivity contribution in [3.8, 4) is 17.6 Å². The number of fused-ring (bicyclic) bond motifs is 1. The summed E-state index contributed by atoms with van der Waals surface area (Å²) in [6.45, 7) is 0. The second-order valence-corrected chi connectivity index (χ2v) is 7.89. The van der Waals surface area contributed by atoms with Crippen LogP contribution in [0, 0.1) is 11.3 Å². The molecule has 2 aromatic carbocycles. The molecule has 2 atom stereocenters. The van der Waals surface area contributed by atoms with Crippen molar-refractivity contribution in [2.75, 3.05) is 20.0 Å². The minimum Gasteiger partial charge on any atom is -0.497 e. The highest BCUT2D eigenvalue weighted by molar-refractivity contribution is 8.03. The van der Waals surface area contributed by atoms with Gasteiger partial charge in [-0.15, -0.1) is 11.8 Å². The van der Waals surface area contributed by atoms with Crippen molar-refractivity contribution in [3.63, 3.8) is 0 Å². The standard InChI is InChI=1S/C22H20N2O4S/c1-27-16-7-3-14(4-8-16)18-11-20(25)24-21(19(18)12-23)29-13-22(24,26)15-5-9-17(28-2)10-6-15/h3-10,18,26H,11,13H2,1-2H3/t18-,22+/m1/s1. The zero-order chi connectivity index (χ0) is 20.6. The lowest BCUT2D eigenvalue weighted by Gasteiger charge is -2.38. The number of carbonyl (C=O) groups is 1. The monoisotopic (exact) mass is 408 g/mol. The zero-order valence-electron chi connectivity index (χ0n) is 16.1. The number of allylic oxidation sites excluding steroid dienone is 1. The van der Waals surface area contributed by atoms with E-state index in [0.717, 1.165) is 5.56 Å². The molecule has 6 nitrogen and oxygen atoms in total. The maximum atomic E-state index is 13.1. The third kappa shape index (κ3) is 3.15. The van der Waals surface area contributed by atoms with Gasteiger partial charge in [0.05, 0.1) is 36.6 Å². The summed E-state index contributed by atoms with van der Waals surface area (Å²) in [5.74, 6) is 1.10. The van der Waals surface area contributed by atoms with Gasteiger partial charge in [0.1, 0.15) is 11.5 Å². The Labute approximate surface area is 173 Å². The van der Waals surface area contributed by atoms with Crippen LogP contribution in [-0.4, -0.2) is 35.9 Å². The summed E-state index contributed by atoms with van der Waals surface area (Å²) in [6.07, 6.45) is 0.123. The highest BCUT2D eigenvalue weighted by Crippen LogP contribution is 2.51. The Morgan fingerprint density at radius 2 is 1.69 bits per heavy atom. The van der Waals surface area contributed by atoms with Crippen molar-refractivity contribution < 1.29 is 19.4 Å². The number of hydrogen-bond donors (Lipinski definition) is 1. The van der Waals surface area contributed by atoms with E-state index in [-0.39, 0.29) is 24.0 Å². The molecule has 1 saturated heterocycles. The molecule has 4 rings (SSSR count). The fraction of sp³-hybridized carbons (Fsp3) is 0.273. The second-order valence-electron chi connectivity index (χ2n) is 6.92. The molecule has 29 heavy (non-hydrogen) atoms. The molecule has 0 unspecified atom stereocenters. The van der Waals surface area contributed by atoms with Gasteiger partial charge in [-0.2, -0.15) is 5.26 Å². The van der Waals surface area contributed by atoms with E-state index >= 15 is 0 Å². The molecule has 148 valence electrons. The summed E-state index contributed by atoms with van der Waals surface area (Å²) in [5, 5.41) is 21.8. The van der Waals surface area contributed by atoms with Crippen molar-refractivity contribution in [1.29, 1.82) is 5.26 Å². The lowest BCUT2D eigenvalue weighted by Crippen LogP contribution is -2.48. The highest BCUT2D eigenvalue weighted by atomic mass is 32.2. The number of aliphatic hydroxyl groups is 1. The molecule has 2 aromatic rings. The van der Waals surface area contributed by atoms with Gasteiger partial charge < -0.3 is 14.6 Å². The number of nitriles is 1. The average Bonchev–Trinajstić information content (AvgIpc) is 3.13. The molecule has 7 heteroatoms. The molecule has 0 aliphatic carbocycles. The fourth-order valence-electron chi connectivity index (χ4n) is 3.82. The van der Waals surface area contributed by atoms with Crippen LogP contribution in [0.5, 0.6) is 11.5 Å². The summed E-state index contributed by atoms with van der Waals surface area (Å²) >= 11 is 1.34. The molecule has 1 fully saturated rings. The minimum atomic E-state index is -1.49. The molecule has 2 aliphatic rings. The molecule has 0 spiro atoms. The fourth-order valence-corrected chi connectivity index (χ4v) is 5.18. The van der Waals surface area contributed by atoms with Crippen molar-refractivity contribution in [2.45, 2.75) is 18.1 Å². The molecule has 1 N–H and O–H groups in total. The van der Waals surface area contributed by atoms with E-state index in [0.29, 0.717) is 27.7 Å². The smallest absolute Gasteiger partial charge is 0.231 e. The Morgan fingerprint density at radius 3 is 2.24 bits per heavy atom. The van der Waals surface area contributed by atoms with Crippen LogP contribution in [0.3, 0.4) is 0 Å². The first-order valence-corrected chi connectivity index (χ1v) is 10.1. The predicted molar refractivity (Wildman–Crippen MR) is 109 cm³/mol. The Balaban J connectivity index is 1.75. The van der Waals surface area contributed by atoms with Gasteiger partial charge in [0.25, 0.3) is 0 Å². The van der Waals surface area contributed by atoms with Crippen molar-refractivity contribution >= 4 is 17.7 Å². The first-order chi connectivity index (χ1) is 14.0. The molecule has 1 amide bonds. The van der Waals surface area contributed by atoms with Crippen LogP contribution >= 0.6 is 11.8 Å². The summed E-state index contributed by atoms with van der Waals surface area (Å²) in [6, 6.07) is 16.7. The molecular formula is C22H20N2O4S. The number of amides is 1. The Hall–Kier alpha value is -2.95. The third-order valence-corrected chi connectivity index (χ3v) is 6.60. The van der Waals surface area contributed by atoms with Crippen LogP contribution < -0.4 is 9.47 Å². The van der Waals surface area contributed by atoms with Gasteiger partial charge >= 0.3 is 0 Å². The second kappa shape index (κ2) is 7.47. The maximum absolute atomic E-state index is 13.1. The van der Waals surface area contributed by atoms with E-state index < -0.39 is 5.72 Å². The summed E-state index contributed by atoms with van der Waals surface area (Å²) in [7, 11) is 3.16. The van der Waals surface area contributed by atoms with E-state index in [1.807, 2.05) is 24.3 Å². The average molecular weight is 408 g/mol. The van der Waals surface area contributed by atoms with Crippen LogP contribution in [-0.2, 0) is 10.5 Å².